The number of benzene rings is 7. The number of carbonyl (C=O) groups excluding carboxylic acids is 2. The van der Waals surface area contributed by atoms with Crippen molar-refractivity contribution in [1.29, 1.82) is 0 Å². The van der Waals surface area contributed by atoms with Crippen molar-refractivity contribution in [2.45, 2.75) is 26.8 Å². The van der Waals surface area contributed by atoms with Crippen LogP contribution in [-0.2, 0) is 17.8 Å². The summed E-state index contributed by atoms with van der Waals surface area (Å²) in [6.45, 7) is 8.39. The Morgan fingerprint density at radius 1 is 0.617 bits per heavy atom. The average Bonchev–Trinajstić information content (AvgIpc) is 3.28. The number of halogens is 1. The lowest BCUT2D eigenvalue weighted by Crippen LogP contribution is -2.24. The highest BCUT2D eigenvalue weighted by Crippen LogP contribution is 2.33. The Kier molecular flexibility index (Phi) is 14.8. The number of carbonyl (C=O) groups is 2. The van der Waals surface area contributed by atoms with Gasteiger partial charge < -0.3 is 30.3 Å². The molecule has 8 nitrogen and oxygen atoms in total. The van der Waals surface area contributed by atoms with Crippen LogP contribution in [0.5, 0.6) is 23.0 Å². The quantitative estimate of drug-likeness (QED) is 0.101. The van der Waals surface area contributed by atoms with Crippen molar-refractivity contribution in [3.63, 3.8) is 0 Å². The minimum absolute atomic E-state index is 0.00621. The van der Waals surface area contributed by atoms with Crippen LogP contribution in [0.2, 0.25) is 5.02 Å². The molecule has 0 aromatic heterocycles. The van der Waals surface area contributed by atoms with Gasteiger partial charge in [-0.05, 0) is 102 Å². The molecule has 9 heteroatoms. The highest BCUT2D eigenvalue weighted by Gasteiger charge is 2.15. The molecule has 0 atom stereocenters. The van der Waals surface area contributed by atoms with Gasteiger partial charge in [0.05, 0.1) is 22.6 Å². The third kappa shape index (κ3) is 11.7. The number of hydrogen-bond donors (Lipinski definition) is 3. The first-order chi connectivity index (χ1) is 29.2. The second-order valence-electron chi connectivity index (χ2n) is 13.7. The number of rotatable bonds is 14. The fourth-order valence-electron chi connectivity index (χ4n) is 6.11. The van der Waals surface area contributed by atoms with Crippen LogP contribution in [0.1, 0.15) is 40.9 Å². The van der Waals surface area contributed by atoms with Crippen molar-refractivity contribution < 1.29 is 19.1 Å². The van der Waals surface area contributed by atoms with Crippen LogP contribution in [0, 0.1) is 0 Å². The molecule has 0 aliphatic carbocycles. The van der Waals surface area contributed by atoms with Crippen LogP contribution in [0.15, 0.2) is 183 Å². The molecule has 0 aliphatic heterocycles. The van der Waals surface area contributed by atoms with Crippen LogP contribution >= 0.6 is 11.6 Å². The van der Waals surface area contributed by atoms with Crippen LogP contribution < -0.4 is 30.3 Å². The van der Waals surface area contributed by atoms with Gasteiger partial charge in [0.15, 0.2) is 11.5 Å². The summed E-state index contributed by atoms with van der Waals surface area (Å²) in [7, 11) is 1.79. The van der Waals surface area contributed by atoms with Crippen LogP contribution in [0.25, 0.3) is 5.70 Å². The van der Waals surface area contributed by atoms with E-state index in [9.17, 15) is 9.59 Å². The lowest BCUT2D eigenvalue weighted by Gasteiger charge is -2.20. The molecule has 7 rings (SSSR count). The van der Waals surface area contributed by atoms with Crippen molar-refractivity contribution in [2.75, 3.05) is 27.9 Å². The number of amides is 2. The number of aryl methyl sites for hydroxylation is 1. The first kappa shape index (κ1) is 42.3. The van der Waals surface area contributed by atoms with E-state index in [-0.39, 0.29) is 11.8 Å². The molecule has 7 aromatic rings. The number of anilines is 4. The van der Waals surface area contributed by atoms with Gasteiger partial charge in [-0.15, -0.1) is 0 Å². The summed E-state index contributed by atoms with van der Waals surface area (Å²) < 4.78 is 12.0. The third-order valence-electron chi connectivity index (χ3n) is 9.50. The molecular formula is C51H47ClN4O4. The molecule has 0 radical (unpaired) electrons. The van der Waals surface area contributed by atoms with Crippen LogP contribution in [-0.4, -0.2) is 18.9 Å². The predicted molar refractivity (Wildman–Crippen MR) is 247 cm³/mol. The number of nitrogens with one attached hydrogen (secondary N) is 3. The van der Waals surface area contributed by atoms with Gasteiger partial charge in [-0.25, -0.2) is 0 Å². The predicted octanol–water partition coefficient (Wildman–Crippen LogP) is 13.1. The summed E-state index contributed by atoms with van der Waals surface area (Å²) in [5.74, 6) is 2.47. The molecule has 7 aromatic carbocycles. The van der Waals surface area contributed by atoms with E-state index in [2.05, 4.69) is 41.6 Å². The summed E-state index contributed by atoms with van der Waals surface area (Å²) in [6.07, 6.45) is 1.01. The topological polar surface area (TPSA) is 91.9 Å². The lowest BCUT2D eigenvalue weighted by atomic mass is 10.1. The smallest absolute Gasteiger partial charge is 0.257 e. The summed E-state index contributed by atoms with van der Waals surface area (Å²) in [5, 5.41) is 10.3. The fraction of sp³-hybridized carbons (Fsp3) is 0.0980. The van der Waals surface area contributed by atoms with Crippen LogP contribution in [0.3, 0.4) is 0 Å². The van der Waals surface area contributed by atoms with Crippen molar-refractivity contribution in [3.05, 3.63) is 210 Å². The molecule has 0 saturated carbocycles. The number of para-hydroxylation sites is 6. The maximum atomic E-state index is 13.1. The monoisotopic (exact) mass is 814 g/mol. The Labute approximate surface area is 357 Å². The van der Waals surface area contributed by atoms with E-state index in [4.69, 9.17) is 21.1 Å². The number of ether oxygens (including phenoxy) is 2. The number of hydrogen-bond acceptors (Lipinski definition) is 6. The fourth-order valence-corrected chi connectivity index (χ4v) is 6.24. The Morgan fingerprint density at radius 3 is 1.80 bits per heavy atom. The minimum Gasteiger partial charge on any atom is -0.455 e. The van der Waals surface area contributed by atoms with Gasteiger partial charge in [0, 0.05) is 36.9 Å². The molecule has 0 bridgehead atoms. The zero-order valence-electron chi connectivity index (χ0n) is 33.8. The van der Waals surface area contributed by atoms with Gasteiger partial charge in [-0.3, -0.25) is 9.59 Å². The summed E-state index contributed by atoms with van der Waals surface area (Å²) in [6, 6.07) is 55.3. The molecule has 302 valence electrons. The van der Waals surface area contributed by atoms with Crippen molar-refractivity contribution in [2.24, 2.45) is 0 Å². The van der Waals surface area contributed by atoms with E-state index in [0.29, 0.717) is 45.7 Å². The highest BCUT2D eigenvalue weighted by molar-refractivity contribution is 6.30. The van der Waals surface area contributed by atoms with Gasteiger partial charge in [0.2, 0.25) is 5.91 Å². The van der Waals surface area contributed by atoms with Gasteiger partial charge >= 0.3 is 0 Å². The van der Waals surface area contributed by atoms with Crippen molar-refractivity contribution in [3.8, 4) is 23.0 Å². The zero-order chi connectivity index (χ0) is 42.3. The Hall–Kier alpha value is -7.29. The normalized spacial score (nSPS) is 10.3. The molecule has 0 unspecified atom stereocenters. The third-order valence-corrected chi connectivity index (χ3v) is 9.75. The Morgan fingerprint density at radius 2 is 1.15 bits per heavy atom. The molecule has 0 aliphatic rings. The van der Waals surface area contributed by atoms with E-state index in [1.165, 1.54) is 5.56 Å². The molecule has 2 amide bonds. The molecule has 0 spiro atoms. The Bertz CT molecular complexity index is 2530. The summed E-state index contributed by atoms with van der Waals surface area (Å²) >= 11 is 5.95. The van der Waals surface area contributed by atoms with E-state index in [1.54, 1.807) is 61.3 Å². The number of nitrogens with zero attached hydrogens (tertiary/aromatic N) is 1. The zero-order valence-corrected chi connectivity index (χ0v) is 34.6. The summed E-state index contributed by atoms with van der Waals surface area (Å²) in [5.41, 5.74) is 7.50. The largest absolute Gasteiger partial charge is 0.455 e. The molecule has 0 saturated heterocycles. The maximum absolute atomic E-state index is 13.1. The van der Waals surface area contributed by atoms with Crippen LogP contribution in [0.4, 0.5) is 22.7 Å². The van der Waals surface area contributed by atoms with Gasteiger partial charge in [0.1, 0.15) is 11.5 Å². The first-order valence-corrected chi connectivity index (χ1v) is 19.9. The standard InChI is InChI=1S/C27H21ClN2O2.C24H26N2O2/c1-19(20-9-3-2-4-10-20)29-24-12-6-5-11-23(24)27(31)30-25-13-7-8-14-26(25)32-22-17-15-21(28)16-18-22;1-4-19-13-15-21(16-14-19)28-24-12-8-6-10-22(24)25-17-20-9-5-7-11-23(20)26(3)18(2)27/h2-18,29H,1H2,(H,30,31);5-16,25H,4,17H2,1-3H3. The molecule has 0 heterocycles. The Balaban J connectivity index is 0.000000203. The highest BCUT2D eigenvalue weighted by atomic mass is 35.5. The molecule has 0 fully saturated rings. The summed E-state index contributed by atoms with van der Waals surface area (Å²) in [4.78, 5) is 26.6. The van der Waals surface area contributed by atoms with E-state index in [0.717, 1.165) is 40.4 Å². The lowest BCUT2D eigenvalue weighted by molar-refractivity contribution is -0.116. The second kappa shape index (κ2) is 20.9. The molecule has 3 N–H and O–H groups in total. The van der Waals surface area contributed by atoms with Gasteiger partial charge in [-0.2, -0.15) is 0 Å². The van der Waals surface area contributed by atoms with Crippen molar-refractivity contribution >= 4 is 51.9 Å². The van der Waals surface area contributed by atoms with E-state index >= 15 is 0 Å². The second-order valence-corrected chi connectivity index (χ2v) is 14.1. The van der Waals surface area contributed by atoms with Crippen molar-refractivity contribution in [1.82, 2.24) is 0 Å². The SMILES string of the molecule is C=C(Nc1ccccc1C(=O)Nc1ccccc1Oc1ccc(Cl)cc1)c1ccccc1.CCc1ccc(Oc2ccccc2NCc2ccccc2N(C)C(C)=O)cc1. The molecule has 60 heavy (non-hydrogen) atoms. The first-order valence-electron chi connectivity index (χ1n) is 19.5. The van der Waals surface area contributed by atoms with Gasteiger partial charge in [0.25, 0.3) is 5.91 Å². The maximum Gasteiger partial charge on any atom is 0.257 e. The average molecular weight is 815 g/mol. The molecular weight excluding hydrogens is 768 g/mol. The van der Waals surface area contributed by atoms with E-state index < -0.39 is 0 Å². The van der Waals surface area contributed by atoms with Gasteiger partial charge in [-0.1, -0.05) is 122 Å². The van der Waals surface area contributed by atoms with E-state index in [1.807, 2.05) is 121 Å². The minimum atomic E-state index is -0.263.